The minimum Gasteiger partial charge on any atom is -0.466 e. The summed E-state index contributed by atoms with van der Waals surface area (Å²) in [4.78, 5) is 27.2. The van der Waals surface area contributed by atoms with Crippen LogP contribution >= 0.6 is 11.8 Å². The largest absolute Gasteiger partial charge is 0.466 e. The Hall–Kier alpha value is -3.84. The van der Waals surface area contributed by atoms with Crippen molar-refractivity contribution in [2.75, 3.05) is 19.1 Å². The van der Waals surface area contributed by atoms with Crippen LogP contribution in [0.2, 0.25) is 0 Å². The minimum absolute atomic E-state index is 0.0128. The topological polar surface area (TPSA) is 106 Å². The summed E-state index contributed by atoms with van der Waals surface area (Å²) in [5.41, 5.74) is 6.65. The average molecular weight is 471 g/mol. The van der Waals surface area contributed by atoms with Gasteiger partial charge in [0.05, 0.1) is 37.4 Å². The van der Waals surface area contributed by atoms with Crippen LogP contribution in [0.15, 0.2) is 82.2 Å². The number of allylic oxidation sites excluding steroid dienone is 1. The van der Waals surface area contributed by atoms with Crippen LogP contribution in [0.4, 0.5) is 14.5 Å². The third kappa shape index (κ3) is 4.68. The van der Waals surface area contributed by atoms with Crippen LogP contribution in [0.5, 0.6) is 0 Å². The molecule has 3 rings (SSSR count). The molecule has 0 radical (unpaired) electrons. The summed E-state index contributed by atoms with van der Waals surface area (Å²) in [7, 11) is 2.27. The van der Waals surface area contributed by atoms with Crippen molar-refractivity contribution < 1.29 is 27.8 Å². The normalized spacial score (nSPS) is 16.0. The van der Waals surface area contributed by atoms with Gasteiger partial charge in [-0.2, -0.15) is 14.0 Å². The van der Waals surface area contributed by atoms with Crippen LogP contribution in [0, 0.1) is 11.3 Å². The van der Waals surface area contributed by atoms with Crippen molar-refractivity contribution in [3.63, 3.8) is 0 Å². The highest BCUT2D eigenvalue weighted by molar-refractivity contribution is 7.99. The molecule has 0 fully saturated rings. The van der Waals surface area contributed by atoms with Gasteiger partial charge in [0.25, 0.3) is 5.76 Å². The lowest BCUT2D eigenvalue weighted by molar-refractivity contribution is -0.139. The van der Waals surface area contributed by atoms with Crippen LogP contribution in [0.25, 0.3) is 0 Å². The number of hydrogen-bond donors (Lipinski definition) is 1. The molecule has 0 bridgehead atoms. The number of hydrogen-bond acceptors (Lipinski definition) is 8. The summed E-state index contributed by atoms with van der Waals surface area (Å²) >= 11 is 0.303. The quantitative estimate of drug-likeness (QED) is 0.500. The Morgan fingerprint density at radius 2 is 1.76 bits per heavy atom. The summed E-state index contributed by atoms with van der Waals surface area (Å²) in [5.74, 6) is -5.60. The molecule has 0 spiro atoms. The zero-order valence-electron chi connectivity index (χ0n) is 17.6. The first-order chi connectivity index (χ1) is 15.8. The average Bonchev–Trinajstić information content (AvgIpc) is 2.82. The number of rotatable bonds is 6. The lowest BCUT2D eigenvalue weighted by atomic mass is 9.81. The van der Waals surface area contributed by atoms with E-state index in [1.807, 2.05) is 6.07 Å². The predicted molar refractivity (Wildman–Crippen MR) is 118 cm³/mol. The second-order valence-corrected chi connectivity index (χ2v) is 7.77. The van der Waals surface area contributed by atoms with Crippen LogP contribution < -0.4 is 10.6 Å². The molecule has 1 aliphatic heterocycles. The molecule has 1 atom stereocenters. The summed E-state index contributed by atoms with van der Waals surface area (Å²) in [6, 6.07) is 16.4. The van der Waals surface area contributed by atoms with E-state index in [0.717, 1.165) is 19.1 Å². The fraction of sp³-hybridized carbons (Fsp3) is 0.174. The number of carbonyl (C=O) groups is 2. The van der Waals surface area contributed by atoms with Crippen molar-refractivity contribution in [1.82, 2.24) is 0 Å². The number of methoxy groups -OCH3 is 2. The number of carbonyl (C=O) groups excluding carboxylic acids is 2. The van der Waals surface area contributed by atoms with E-state index in [4.69, 9.17) is 15.2 Å². The van der Waals surface area contributed by atoms with Crippen molar-refractivity contribution in [2.45, 2.75) is 16.6 Å². The predicted octanol–water partition coefficient (Wildman–Crippen LogP) is 3.90. The molecule has 0 saturated heterocycles. The summed E-state index contributed by atoms with van der Waals surface area (Å²) in [6.45, 7) is 0. The van der Waals surface area contributed by atoms with Gasteiger partial charge in [-0.1, -0.05) is 48.2 Å². The molecule has 2 aromatic rings. The fourth-order valence-electron chi connectivity index (χ4n) is 3.58. The van der Waals surface area contributed by atoms with E-state index < -0.39 is 23.6 Å². The molecule has 10 heteroatoms. The van der Waals surface area contributed by atoms with Gasteiger partial charge in [0, 0.05) is 10.6 Å². The Morgan fingerprint density at radius 3 is 2.33 bits per heavy atom. The zero-order valence-corrected chi connectivity index (χ0v) is 18.4. The van der Waals surface area contributed by atoms with E-state index in [2.05, 4.69) is 0 Å². The molecule has 1 unspecified atom stereocenters. The highest BCUT2D eigenvalue weighted by atomic mass is 32.2. The number of nitriles is 1. The smallest absolute Gasteiger partial charge is 0.355 e. The Kier molecular flexibility index (Phi) is 7.35. The Labute approximate surface area is 193 Å². The molecule has 0 aliphatic carbocycles. The van der Waals surface area contributed by atoms with E-state index >= 15 is 0 Å². The molecule has 170 valence electrons. The van der Waals surface area contributed by atoms with Crippen molar-refractivity contribution in [3.05, 3.63) is 82.8 Å². The number of halogens is 2. The number of benzene rings is 2. The van der Waals surface area contributed by atoms with E-state index in [0.29, 0.717) is 17.3 Å². The molecule has 0 saturated carbocycles. The molecular formula is C23H19F2N3O4S. The van der Waals surface area contributed by atoms with Gasteiger partial charge in [-0.15, -0.1) is 0 Å². The van der Waals surface area contributed by atoms with E-state index in [9.17, 15) is 23.6 Å². The molecule has 7 nitrogen and oxygen atoms in total. The van der Waals surface area contributed by atoms with Crippen molar-refractivity contribution in [1.29, 1.82) is 5.26 Å². The second-order valence-electron chi connectivity index (χ2n) is 6.71. The first-order valence-corrected chi connectivity index (χ1v) is 10.4. The summed E-state index contributed by atoms with van der Waals surface area (Å²) in [6.07, 6.45) is 0. The van der Waals surface area contributed by atoms with Crippen LogP contribution in [-0.4, -0.2) is 31.9 Å². The highest BCUT2D eigenvalue weighted by Gasteiger charge is 2.43. The van der Waals surface area contributed by atoms with Crippen LogP contribution in [0.3, 0.4) is 0 Å². The van der Waals surface area contributed by atoms with Gasteiger partial charge in [-0.05, 0) is 23.8 Å². The summed E-state index contributed by atoms with van der Waals surface area (Å²) in [5, 5.41) is 9.98. The van der Waals surface area contributed by atoms with E-state index in [1.54, 1.807) is 30.3 Å². The Morgan fingerprint density at radius 1 is 1.09 bits per heavy atom. The fourth-order valence-corrected chi connectivity index (χ4v) is 4.13. The Balaban J connectivity index is 2.35. The number of ether oxygens (including phenoxy) is 2. The zero-order chi connectivity index (χ0) is 24.1. The van der Waals surface area contributed by atoms with Gasteiger partial charge in [0.1, 0.15) is 11.5 Å². The second kappa shape index (κ2) is 10.2. The summed E-state index contributed by atoms with van der Waals surface area (Å²) < 4.78 is 35.7. The van der Waals surface area contributed by atoms with Crippen molar-refractivity contribution >= 4 is 29.4 Å². The van der Waals surface area contributed by atoms with Gasteiger partial charge in [0.2, 0.25) is 0 Å². The molecule has 0 amide bonds. The first-order valence-electron chi connectivity index (χ1n) is 9.54. The SMILES string of the molecule is COC(=O)C1=C(C(=O)OC)N(c2cccc(SC(F)F)c2)C(N)=C(C#N)C1c1ccccc1. The molecule has 2 N–H and O–H groups in total. The maximum absolute atomic E-state index is 12.9. The molecule has 0 aromatic heterocycles. The van der Waals surface area contributed by atoms with Crippen molar-refractivity contribution in [2.24, 2.45) is 5.73 Å². The number of nitrogens with two attached hydrogens (primary N) is 1. The van der Waals surface area contributed by atoms with Crippen LogP contribution in [-0.2, 0) is 19.1 Å². The maximum atomic E-state index is 12.9. The molecule has 33 heavy (non-hydrogen) atoms. The third-order valence-corrected chi connectivity index (χ3v) is 5.62. The highest BCUT2D eigenvalue weighted by Crippen LogP contribution is 2.43. The molecule has 2 aromatic carbocycles. The number of esters is 2. The van der Waals surface area contributed by atoms with Crippen LogP contribution in [0.1, 0.15) is 11.5 Å². The number of thioether (sulfide) groups is 1. The van der Waals surface area contributed by atoms with Gasteiger partial charge in [-0.3, -0.25) is 4.90 Å². The third-order valence-electron chi connectivity index (χ3n) is 4.91. The van der Waals surface area contributed by atoms with Gasteiger partial charge in [0.15, 0.2) is 0 Å². The van der Waals surface area contributed by atoms with Gasteiger partial charge < -0.3 is 15.2 Å². The first kappa shape index (κ1) is 23.8. The number of alkyl halides is 2. The Bertz CT molecular complexity index is 1180. The minimum atomic E-state index is -2.67. The number of nitrogens with zero attached hydrogens (tertiary/aromatic N) is 2. The standard InChI is InChI=1S/C23H19F2N3O4S/c1-31-21(29)18-17(13-7-4-3-5-8-13)16(12-26)20(27)28(19(18)22(30)32-2)14-9-6-10-15(11-14)33-23(24)25/h3-11,17,23H,27H2,1-2H3. The van der Waals surface area contributed by atoms with Gasteiger partial charge >= 0.3 is 11.9 Å². The monoisotopic (exact) mass is 471 g/mol. The van der Waals surface area contributed by atoms with Crippen molar-refractivity contribution in [3.8, 4) is 6.07 Å². The molecular weight excluding hydrogens is 452 g/mol. The maximum Gasteiger partial charge on any atom is 0.355 e. The lowest BCUT2D eigenvalue weighted by Crippen LogP contribution is -2.40. The number of anilines is 1. The van der Waals surface area contributed by atoms with E-state index in [1.165, 1.54) is 24.3 Å². The lowest BCUT2D eigenvalue weighted by Gasteiger charge is -2.36. The van der Waals surface area contributed by atoms with Gasteiger partial charge in [-0.25, -0.2) is 9.59 Å². The van der Waals surface area contributed by atoms with E-state index in [-0.39, 0.29) is 33.2 Å². The molecule has 1 aliphatic rings. The molecule has 1 heterocycles.